The van der Waals surface area contributed by atoms with E-state index in [1.54, 1.807) is 0 Å². The number of esters is 1. The molecule has 0 fully saturated rings. The van der Waals surface area contributed by atoms with Crippen molar-refractivity contribution < 1.29 is 14.1 Å². The Morgan fingerprint density at radius 3 is 2.27 bits per heavy atom. The monoisotopic (exact) mass is 350 g/mol. The fourth-order valence-electron chi connectivity index (χ4n) is 2.42. The molecule has 0 aliphatic rings. The minimum absolute atomic E-state index is 0.00991. The van der Waals surface area contributed by atoms with Crippen LogP contribution >= 0.6 is 0 Å². The summed E-state index contributed by atoms with van der Waals surface area (Å²) in [5.74, 6) is 0.579. The molecule has 0 radical (unpaired) electrons. The number of carbonyl (C=O) groups is 1. The van der Waals surface area contributed by atoms with E-state index in [9.17, 15) is 4.79 Å². The number of carbonyl (C=O) groups excluding carboxylic acids is 1. The van der Waals surface area contributed by atoms with E-state index in [0.29, 0.717) is 11.7 Å². The summed E-state index contributed by atoms with van der Waals surface area (Å²) in [4.78, 5) is 16.3. The fourth-order valence-corrected chi connectivity index (χ4v) is 2.42. The van der Waals surface area contributed by atoms with Gasteiger partial charge in [-0.2, -0.15) is 4.98 Å². The van der Waals surface area contributed by atoms with Crippen LogP contribution in [0, 0.1) is 0 Å². The van der Waals surface area contributed by atoms with Gasteiger partial charge in [0, 0.05) is 5.41 Å². The Labute approximate surface area is 153 Å². The van der Waals surface area contributed by atoms with Crippen LogP contribution in [0.25, 0.3) is 11.1 Å². The summed E-state index contributed by atoms with van der Waals surface area (Å²) in [6.45, 7) is 5.97. The highest BCUT2D eigenvalue weighted by Crippen LogP contribution is 2.20. The minimum atomic E-state index is -0.326. The average molecular weight is 350 g/mol. The van der Waals surface area contributed by atoms with E-state index >= 15 is 0 Å². The van der Waals surface area contributed by atoms with E-state index < -0.39 is 0 Å². The molecule has 0 amide bonds. The van der Waals surface area contributed by atoms with Crippen LogP contribution in [0.5, 0.6) is 0 Å². The van der Waals surface area contributed by atoms with Gasteiger partial charge < -0.3 is 9.26 Å². The van der Waals surface area contributed by atoms with Crippen LogP contribution in [0.2, 0.25) is 0 Å². The first-order valence-electron chi connectivity index (χ1n) is 8.55. The standard InChI is InChI=1S/C21H22N2O3/c1-21(2,3)20-22-18(26-23-20)14-25-19(24)13-15-9-11-17(12-10-15)16-7-5-4-6-8-16/h4-12H,13-14H2,1-3H3. The van der Waals surface area contributed by atoms with E-state index in [4.69, 9.17) is 9.26 Å². The van der Waals surface area contributed by atoms with Crippen molar-refractivity contribution in [2.75, 3.05) is 0 Å². The van der Waals surface area contributed by atoms with Gasteiger partial charge in [-0.1, -0.05) is 80.5 Å². The van der Waals surface area contributed by atoms with Crippen molar-refractivity contribution in [1.29, 1.82) is 0 Å². The highest BCUT2D eigenvalue weighted by molar-refractivity contribution is 5.73. The minimum Gasteiger partial charge on any atom is -0.455 e. The Balaban J connectivity index is 1.54. The molecule has 26 heavy (non-hydrogen) atoms. The summed E-state index contributed by atoms with van der Waals surface area (Å²) in [6.07, 6.45) is 0.204. The van der Waals surface area contributed by atoms with Crippen molar-refractivity contribution in [3.05, 3.63) is 71.9 Å². The second-order valence-electron chi connectivity index (χ2n) is 7.16. The molecule has 0 aliphatic carbocycles. The van der Waals surface area contributed by atoms with Gasteiger partial charge >= 0.3 is 5.97 Å². The second kappa shape index (κ2) is 7.52. The number of benzene rings is 2. The Bertz CT molecular complexity index is 862. The molecular formula is C21H22N2O3. The molecule has 1 heterocycles. The van der Waals surface area contributed by atoms with Crippen molar-refractivity contribution in [3.63, 3.8) is 0 Å². The maximum Gasteiger partial charge on any atom is 0.310 e. The average Bonchev–Trinajstić information content (AvgIpc) is 3.11. The third kappa shape index (κ3) is 4.57. The normalized spacial score (nSPS) is 11.3. The Morgan fingerprint density at radius 1 is 1.00 bits per heavy atom. The van der Waals surface area contributed by atoms with E-state index in [1.807, 2.05) is 63.2 Å². The lowest BCUT2D eigenvalue weighted by atomic mass is 9.96. The van der Waals surface area contributed by atoms with Gasteiger partial charge in [-0.15, -0.1) is 0 Å². The first-order chi connectivity index (χ1) is 12.4. The zero-order valence-corrected chi connectivity index (χ0v) is 15.2. The third-order valence-corrected chi connectivity index (χ3v) is 3.91. The number of rotatable bonds is 5. The number of ether oxygens (including phenoxy) is 1. The highest BCUT2D eigenvalue weighted by atomic mass is 16.6. The molecule has 2 aromatic carbocycles. The van der Waals surface area contributed by atoms with E-state index in [2.05, 4.69) is 22.3 Å². The van der Waals surface area contributed by atoms with E-state index in [0.717, 1.165) is 16.7 Å². The fraction of sp³-hybridized carbons (Fsp3) is 0.286. The second-order valence-corrected chi connectivity index (χ2v) is 7.16. The van der Waals surface area contributed by atoms with Crippen LogP contribution < -0.4 is 0 Å². The van der Waals surface area contributed by atoms with Gasteiger partial charge in [0.15, 0.2) is 12.4 Å². The van der Waals surface area contributed by atoms with Crippen LogP contribution in [0.3, 0.4) is 0 Å². The first kappa shape index (κ1) is 17.9. The molecule has 0 atom stereocenters. The van der Waals surface area contributed by atoms with Crippen LogP contribution in [0.4, 0.5) is 0 Å². The van der Waals surface area contributed by atoms with Gasteiger partial charge in [0.05, 0.1) is 6.42 Å². The SMILES string of the molecule is CC(C)(C)c1noc(COC(=O)Cc2ccc(-c3ccccc3)cc2)n1. The number of hydrogen-bond donors (Lipinski definition) is 0. The summed E-state index contributed by atoms with van der Waals surface area (Å²) in [7, 11) is 0. The molecule has 3 rings (SSSR count). The number of aromatic nitrogens is 2. The summed E-state index contributed by atoms with van der Waals surface area (Å²) in [6, 6.07) is 18.0. The van der Waals surface area contributed by atoms with Crippen molar-refractivity contribution in [1.82, 2.24) is 10.1 Å². The van der Waals surface area contributed by atoms with Crippen LogP contribution in [0.15, 0.2) is 59.1 Å². The molecule has 0 bridgehead atoms. The summed E-state index contributed by atoms with van der Waals surface area (Å²) in [5, 5.41) is 3.91. The highest BCUT2D eigenvalue weighted by Gasteiger charge is 2.21. The molecule has 0 aliphatic heterocycles. The quantitative estimate of drug-likeness (QED) is 0.641. The zero-order chi connectivity index (χ0) is 18.6. The third-order valence-electron chi connectivity index (χ3n) is 3.91. The molecule has 5 nitrogen and oxygen atoms in total. The lowest BCUT2D eigenvalue weighted by Gasteiger charge is -2.10. The molecule has 0 saturated carbocycles. The van der Waals surface area contributed by atoms with E-state index in [-0.39, 0.29) is 24.4 Å². The summed E-state index contributed by atoms with van der Waals surface area (Å²) < 4.78 is 10.4. The predicted octanol–water partition coefficient (Wildman–Crippen LogP) is 4.32. The number of hydrogen-bond acceptors (Lipinski definition) is 5. The molecule has 0 spiro atoms. The molecule has 1 aromatic heterocycles. The van der Waals surface area contributed by atoms with Crippen molar-refractivity contribution in [3.8, 4) is 11.1 Å². The predicted molar refractivity (Wildman–Crippen MR) is 98.4 cm³/mol. The van der Waals surface area contributed by atoms with Gasteiger partial charge in [-0.25, -0.2) is 0 Å². The van der Waals surface area contributed by atoms with Gasteiger partial charge in [0.2, 0.25) is 0 Å². The molecule has 134 valence electrons. The van der Waals surface area contributed by atoms with E-state index in [1.165, 1.54) is 0 Å². The Kier molecular flexibility index (Phi) is 5.16. The molecule has 5 heteroatoms. The number of nitrogens with zero attached hydrogens (tertiary/aromatic N) is 2. The van der Waals surface area contributed by atoms with Crippen LogP contribution in [0.1, 0.15) is 38.0 Å². The van der Waals surface area contributed by atoms with Gasteiger partial charge in [-0.3, -0.25) is 4.79 Å². The smallest absolute Gasteiger partial charge is 0.310 e. The van der Waals surface area contributed by atoms with Crippen molar-refractivity contribution >= 4 is 5.97 Å². The molecular weight excluding hydrogens is 328 g/mol. The molecule has 0 N–H and O–H groups in total. The van der Waals surface area contributed by atoms with Crippen molar-refractivity contribution in [2.24, 2.45) is 0 Å². The van der Waals surface area contributed by atoms with Crippen LogP contribution in [-0.2, 0) is 28.0 Å². The summed E-state index contributed by atoms with van der Waals surface area (Å²) >= 11 is 0. The molecule has 0 saturated heterocycles. The summed E-state index contributed by atoms with van der Waals surface area (Å²) in [5.41, 5.74) is 2.96. The maximum atomic E-state index is 12.0. The van der Waals surface area contributed by atoms with Gasteiger partial charge in [0.25, 0.3) is 5.89 Å². The van der Waals surface area contributed by atoms with Crippen LogP contribution in [-0.4, -0.2) is 16.1 Å². The van der Waals surface area contributed by atoms with Gasteiger partial charge in [-0.05, 0) is 16.7 Å². The lowest BCUT2D eigenvalue weighted by Crippen LogP contribution is -2.13. The maximum absolute atomic E-state index is 12.0. The molecule has 0 unspecified atom stereocenters. The Morgan fingerprint density at radius 2 is 1.65 bits per heavy atom. The molecule has 3 aromatic rings. The first-order valence-corrected chi connectivity index (χ1v) is 8.55. The Hall–Kier alpha value is -2.95. The largest absolute Gasteiger partial charge is 0.455 e. The lowest BCUT2D eigenvalue weighted by molar-refractivity contribution is -0.144. The zero-order valence-electron chi connectivity index (χ0n) is 15.2. The van der Waals surface area contributed by atoms with Gasteiger partial charge in [0.1, 0.15) is 0 Å². The van der Waals surface area contributed by atoms with Crippen molar-refractivity contribution in [2.45, 2.75) is 39.2 Å². The topological polar surface area (TPSA) is 65.2 Å².